The number of aromatic nitrogens is 4. The zero-order chi connectivity index (χ0) is 17.1. The van der Waals surface area contributed by atoms with Crippen molar-refractivity contribution >= 4 is 11.7 Å². The number of primary amides is 1. The Morgan fingerprint density at radius 1 is 1.25 bits per heavy atom. The number of hydrogen-bond donors (Lipinski definition) is 2. The van der Waals surface area contributed by atoms with Gasteiger partial charge in [-0.15, -0.1) is 0 Å². The second kappa shape index (κ2) is 6.32. The first kappa shape index (κ1) is 15.4. The molecular formula is C15H13FN6O2. The van der Waals surface area contributed by atoms with Crippen molar-refractivity contribution in [1.82, 2.24) is 19.5 Å². The summed E-state index contributed by atoms with van der Waals surface area (Å²) in [5, 5.41) is 2.18. The molecule has 0 radical (unpaired) electrons. The van der Waals surface area contributed by atoms with Gasteiger partial charge < -0.3 is 20.4 Å². The standard InChI is InChI=1S/C15H13FN6O2/c1-22-6-13(20-8-22)12-5-14(19-7-18-12)24-9-2-3-10(16)11(4-9)21-15(17)23/h2-8H,1H3,(H3,17,21,23). The van der Waals surface area contributed by atoms with Crippen LogP contribution in [0.4, 0.5) is 14.9 Å². The number of ether oxygens (including phenoxy) is 1. The molecule has 1 aromatic carbocycles. The van der Waals surface area contributed by atoms with E-state index in [0.717, 1.165) is 6.07 Å². The molecule has 0 aliphatic heterocycles. The number of carbonyl (C=O) groups excluding carboxylic acids is 1. The van der Waals surface area contributed by atoms with Crippen LogP contribution in [0, 0.1) is 5.82 Å². The molecule has 0 fully saturated rings. The number of carbonyl (C=O) groups is 1. The minimum Gasteiger partial charge on any atom is -0.439 e. The van der Waals surface area contributed by atoms with E-state index >= 15 is 0 Å². The number of nitrogens with two attached hydrogens (primary N) is 1. The summed E-state index contributed by atoms with van der Waals surface area (Å²) in [5.41, 5.74) is 6.16. The van der Waals surface area contributed by atoms with Crippen LogP contribution in [0.15, 0.2) is 43.1 Å². The quantitative estimate of drug-likeness (QED) is 0.764. The van der Waals surface area contributed by atoms with E-state index in [-0.39, 0.29) is 17.3 Å². The van der Waals surface area contributed by atoms with Crippen molar-refractivity contribution in [2.75, 3.05) is 5.32 Å². The average molecular weight is 328 g/mol. The molecule has 2 amide bonds. The molecule has 0 saturated heterocycles. The van der Waals surface area contributed by atoms with Crippen molar-refractivity contribution in [3.63, 3.8) is 0 Å². The molecule has 3 N–H and O–H groups in total. The van der Waals surface area contributed by atoms with Gasteiger partial charge in [0.2, 0.25) is 5.88 Å². The fourth-order valence-electron chi connectivity index (χ4n) is 2.00. The van der Waals surface area contributed by atoms with E-state index < -0.39 is 11.8 Å². The van der Waals surface area contributed by atoms with Gasteiger partial charge in [-0.2, -0.15) is 0 Å². The first-order valence-electron chi connectivity index (χ1n) is 6.85. The van der Waals surface area contributed by atoms with Crippen LogP contribution in [-0.4, -0.2) is 25.6 Å². The Labute approximate surface area is 136 Å². The highest BCUT2D eigenvalue weighted by Gasteiger charge is 2.09. The van der Waals surface area contributed by atoms with E-state index in [0.29, 0.717) is 11.4 Å². The summed E-state index contributed by atoms with van der Waals surface area (Å²) in [6, 6.07) is 4.60. The molecule has 0 aliphatic rings. The highest BCUT2D eigenvalue weighted by Crippen LogP contribution is 2.26. The van der Waals surface area contributed by atoms with Crippen molar-refractivity contribution in [3.05, 3.63) is 48.9 Å². The average Bonchev–Trinajstić information content (AvgIpc) is 2.97. The molecule has 3 rings (SSSR count). The maximum atomic E-state index is 13.6. The van der Waals surface area contributed by atoms with Gasteiger partial charge in [0.25, 0.3) is 0 Å². The fourth-order valence-corrected chi connectivity index (χ4v) is 2.00. The van der Waals surface area contributed by atoms with Gasteiger partial charge in [0.05, 0.1) is 17.7 Å². The number of benzene rings is 1. The summed E-state index contributed by atoms with van der Waals surface area (Å²) in [6.07, 6.45) is 4.80. The van der Waals surface area contributed by atoms with E-state index in [1.54, 1.807) is 23.2 Å². The second-order valence-corrected chi connectivity index (χ2v) is 4.90. The lowest BCUT2D eigenvalue weighted by Gasteiger charge is -2.08. The molecule has 0 bridgehead atoms. The molecule has 24 heavy (non-hydrogen) atoms. The third-order valence-electron chi connectivity index (χ3n) is 3.03. The molecule has 2 heterocycles. The zero-order valence-corrected chi connectivity index (χ0v) is 12.6. The van der Waals surface area contributed by atoms with Crippen LogP contribution in [0.5, 0.6) is 11.6 Å². The highest BCUT2D eigenvalue weighted by atomic mass is 19.1. The molecule has 0 spiro atoms. The number of nitrogens with zero attached hydrogens (tertiary/aromatic N) is 4. The van der Waals surface area contributed by atoms with Crippen LogP contribution in [0.25, 0.3) is 11.4 Å². The number of amides is 2. The first-order valence-corrected chi connectivity index (χ1v) is 6.85. The molecule has 0 unspecified atom stereocenters. The van der Waals surface area contributed by atoms with Crippen LogP contribution < -0.4 is 15.8 Å². The Bertz CT molecular complexity index is 895. The molecule has 8 nitrogen and oxygen atoms in total. The molecule has 0 atom stereocenters. The number of nitrogens with one attached hydrogen (secondary N) is 1. The maximum absolute atomic E-state index is 13.6. The summed E-state index contributed by atoms with van der Waals surface area (Å²) < 4.78 is 21.0. The minimum atomic E-state index is -0.870. The van der Waals surface area contributed by atoms with Gasteiger partial charge in [-0.05, 0) is 12.1 Å². The van der Waals surface area contributed by atoms with Crippen molar-refractivity contribution in [2.24, 2.45) is 12.8 Å². The summed E-state index contributed by atoms with van der Waals surface area (Å²) in [5.74, 6) is -0.0916. The molecular weight excluding hydrogens is 315 g/mol. The van der Waals surface area contributed by atoms with E-state index in [9.17, 15) is 9.18 Å². The van der Waals surface area contributed by atoms with E-state index in [1.165, 1.54) is 18.5 Å². The Hall–Kier alpha value is -3.49. The van der Waals surface area contributed by atoms with Gasteiger partial charge in [0, 0.05) is 25.4 Å². The summed E-state index contributed by atoms with van der Waals surface area (Å²) >= 11 is 0. The lowest BCUT2D eigenvalue weighted by Crippen LogP contribution is -2.20. The molecule has 3 aromatic rings. The molecule has 0 saturated carbocycles. The van der Waals surface area contributed by atoms with Gasteiger partial charge in [-0.25, -0.2) is 24.1 Å². The molecule has 9 heteroatoms. The number of rotatable bonds is 4. The third kappa shape index (κ3) is 3.46. The topological polar surface area (TPSA) is 108 Å². The largest absolute Gasteiger partial charge is 0.439 e. The Kier molecular flexibility index (Phi) is 4.06. The number of anilines is 1. The minimum absolute atomic E-state index is 0.0843. The lowest BCUT2D eigenvalue weighted by molar-refractivity contribution is 0.259. The van der Waals surface area contributed by atoms with Gasteiger partial charge in [0.1, 0.15) is 23.6 Å². The van der Waals surface area contributed by atoms with Gasteiger partial charge in [-0.1, -0.05) is 0 Å². The lowest BCUT2D eigenvalue weighted by atomic mass is 10.3. The number of aryl methyl sites for hydroxylation is 1. The maximum Gasteiger partial charge on any atom is 0.316 e. The first-order chi connectivity index (χ1) is 11.5. The van der Waals surface area contributed by atoms with Gasteiger partial charge >= 0.3 is 6.03 Å². The summed E-state index contributed by atoms with van der Waals surface area (Å²) in [4.78, 5) is 23.2. The Morgan fingerprint density at radius 2 is 2.08 bits per heavy atom. The van der Waals surface area contributed by atoms with Crippen LogP contribution in [-0.2, 0) is 7.05 Å². The number of imidazole rings is 1. The molecule has 0 aliphatic carbocycles. The summed E-state index contributed by atoms with van der Waals surface area (Å²) in [6.45, 7) is 0. The third-order valence-corrected chi connectivity index (χ3v) is 3.03. The van der Waals surface area contributed by atoms with Gasteiger partial charge in [-0.3, -0.25) is 0 Å². The molecule has 2 aromatic heterocycles. The van der Waals surface area contributed by atoms with Crippen molar-refractivity contribution in [1.29, 1.82) is 0 Å². The zero-order valence-electron chi connectivity index (χ0n) is 12.6. The van der Waals surface area contributed by atoms with Crippen LogP contribution in [0.3, 0.4) is 0 Å². The van der Waals surface area contributed by atoms with E-state index in [4.69, 9.17) is 10.5 Å². The monoisotopic (exact) mass is 328 g/mol. The van der Waals surface area contributed by atoms with Crippen LogP contribution in [0.2, 0.25) is 0 Å². The van der Waals surface area contributed by atoms with E-state index in [1.807, 2.05) is 7.05 Å². The van der Waals surface area contributed by atoms with Crippen molar-refractivity contribution in [2.45, 2.75) is 0 Å². The number of urea groups is 1. The number of hydrogen-bond acceptors (Lipinski definition) is 5. The molecule has 122 valence electrons. The Balaban J connectivity index is 1.85. The number of halogens is 1. The fraction of sp³-hybridized carbons (Fsp3) is 0.0667. The smallest absolute Gasteiger partial charge is 0.316 e. The van der Waals surface area contributed by atoms with E-state index in [2.05, 4.69) is 20.3 Å². The van der Waals surface area contributed by atoms with Crippen LogP contribution in [0.1, 0.15) is 0 Å². The van der Waals surface area contributed by atoms with Crippen molar-refractivity contribution < 1.29 is 13.9 Å². The Morgan fingerprint density at radius 3 is 2.79 bits per heavy atom. The highest BCUT2D eigenvalue weighted by molar-refractivity contribution is 5.88. The second-order valence-electron chi connectivity index (χ2n) is 4.90. The SMILES string of the molecule is Cn1cnc(-c2cc(Oc3ccc(F)c(NC(N)=O)c3)ncn2)c1. The summed E-state index contributed by atoms with van der Waals surface area (Å²) in [7, 11) is 1.85. The van der Waals surface area contributed by atoms with Gasteiger partial charge in [0.15, 0.2) is 0 Å². The van der Waals surface area contributed by atoms with Crippen molar-refractivity contribution in [3.8, 4) is 23.0 Å². The predicted octanol–water partition coefficient (Wildman–Crippen LogP) is 2.30. The predicted molar refractivity (Wildman–Crippen MR) is 83.9 cm³/mol. The normalized spacial score (nSPS) is 10.4. The van der Waals surface area contributed by atoms with Crippen LogP contribution >= 0.6 is 0 Å².